The van der Waals surface area contributed by atoms with E-state index in [1.807, 2.05) is 0 Å². The van der Waals surface area contributed by atoms with Crippen molar-refractivity contribution in [2.75, 3.05) is 4.90 Å². The summed E-state index contributed by atoms with van der Waals surface area (Å²) in [4.78, 5) is 13.5. The highest BCUT2D eigenvalue weighted by molar-refractivity contribution is 6.18. The molecule has 0 unspecified atom stereocenters. The van der Waals surface area contributed by atoms with Crippen LogP contribution in [0.1, 0.15) is 0 Å². The zero-order valence-electron chi connectivity index (χ0n) is 72.1. The summed E-state index contributed by atoms with van der Waals surface area (Å²) in [6.07, 6.45) is 0. The van der Waals surface area contributed by atoms with E-state index in [-0.39, 0.29) is 0 Å². The number of aromatic nitrogens is 8. The zero-order valence-corrected chi connectivity index (χ0v) is 72.1. The summed E-state index contributed by atoms with van der Waals surface area (Å²) in [6.45, 7) is 0. The van der Waals surface area contributed by atoms with Gasteiger partial charge in [-0.05, 0) is 270 Å². The number of hydrogen-bond acceptors (Lipinski definition) is 3. The molecule has 0 atom stereocenters. The van der Waals surface area contributed by atoms with Crippen LogP contribution in [0.15, 0.2) is 479 Å². The summed E-state index contributed by atoms with van der Waals surface area (Å²) in [5, 5.41) is 14.4. The van der Waals surface area contributed by atoms with E-state index < -0.39 is 0 Å². The minimum Gasteiger partial charge on any atom is -0.310 e. The molecular formula is C124H79N9. The number of benzene rings is 20. The van der Waals surface area contributed by atoms with E-state index in [1.54, 1.807) is 0 Å². The monoisotopic (exact) mass is 1690 g/mol. The second-order valence-corrected chi connectivity index (χ2v) is 34.8. The van der Waals surface area contributed by atoms with Crippen LogP contribution in [-0.2, 0) is 0 Å². The first-order chi connectivity index (χ1) is 65.9. The molecule has 0 fully saturated rings. The Hall–Kier alpha value is -17.9. The maximum atomic E-state index is 5.60. The molecule has 7 heterocycles. The molecule has 0 aliphatic heterocycles. The molecule has 620 valence electrons. The Morgan fingerprint density at radius 3 is 0.617 bits per heavy atom. The Morgan fingerprint density at radius 2 is 0.338 bits per heavy atom. The topological polar surface area (TPSA) is 58.6 Å². The van der Waals surface area contributed by atoms with Gasteiger partial charge in [-0.3, -0.25) is 0 Å². The standard InChI is InChI=1S/C124H79N9/c1-6-26-89(27-7-1)127(90-28-8-2-9-29-90)97-64-71-123-109(78-97)102-40-20-25-45-116(102)132(123)96-62-50-82(51-63-96)124-125-110(80-46-58-94(59-47-80)131-115-44-24-19-39-101(115)106-73-84(55-68-120(106)131)83-52-65-117-103(72-83)98-36-16-21-41-112(98)128(117)91-30-10-3-11-31-91)79-111(126-124)81-48-60-95(61-49-81)133-121-69-56-87(85-53-66-118-104(74-85)99-37-17-22-42-113(99)129(118)92-32-12-4-13-33-92)76-107(121)108-77-88(57-70-122(108)133)86-54-67-119-105(75-86)100-38-18-23-43-114(100)130(119)93-34-14-5-15-35-93/h1-79H. The van der Waals surface area contributed by atoms with Gasteiger partial charge in [-0.2, -0.15) is 0 Å². The van der Waals surface area contributed by atoms with Crippen LogP contribution in [0.25, 0.3) is 232 Å². The highest BCUT2D eigenvalue weighted by atomic mass is 15.1. The lowest BCUT2D eigenvalue weighted by Crippen LogP contribution is -2.09. The van der Waals surface area contributed by atoms with Gasteiger partial charge in [0.1, 0.15) is 0 Å². The van der Waals surface area contributed by atoms with Gasteiger partial charge in [-0.25, -0.2) is 9.97 Å². The van der Waals surface area contributed by atoms with Crippen LogP contribution in [0.5, 0.6) is 0 Å². The van der Waals surface area contributed by atoms with Crippen molar-refractivity contribution >= 4 is 148 Å². The van der Waals surface area contributed by atoms with E-state index in [0.29, 0.717) is 5.82 Å². The lowest BCUT2D eigenvalue weighted by atomic mass is 9.98. The molecular weight excluding hydrogens is 1620 g/mol. The fourth-order valence-corrected chi connectivity index (χ4v) is 21.3. The highest BCUT2D eigenvalue weighted by Crippen LogP contribution is 2.47. The molecule has 0 saturated carbocycles. The van der Waals surface area contributed by atoms with Crippen LogP contribution in [0, 0.1) is 0 Å². The quantitative estimate of drug-likeness (QED) is 0.103. The first kappa shape index (κ1) is 75.2. The Morgan fingerprint density at radius 1 is 0.135 bits per heavy atom. The molecule has 0 radical (unpaired) electrons. The summed E-state index contributed by atoms with van der Waals surface area (Å²) in [6, 6.07) is 175. The third-order valence-electron chi connectivity index (χ3n) is 27.4. The molecule has 0 bridgehead atoms. The van der Waals surface area contributed by atoms with Crippen LogP contribution < -0.4 is 4.90 Å². The summed E-state index contributed by atoms with van der Waals surface area (Å²) in [5.74, 6) is 0.622. The van der Waals surface area contributed by atoms with E-state index >= 15 is 0 Å². The first-order valence-corrected chi connectivity index (χ1v) is 45.5. The minimum absolute atomic E-state index is 0.622. The van der Waals surface area contributed by atoms with Crippen molar-refractivity contribution in [3.05, 3.63) is 479 Å². The molecule has 7 aromatic heterocycles. The van der Waals surface area contributed by atoms with Gasteiger partial charge in [0.05, 0.1) is 77.6 Å². The van der Waals surface area contributed by atoms with Gasteiger partial charge in [0, 0.05) is 133 Å². The molecule has 133 heavy (non-hydrogen) atoms. The number of rotatable bonds is 15. The maximum Gasteiger partial charge on any atom is 0.160 e. The molecule has 27 rings (SSSR count). The van der Waals surface area contributed by atoms with Crippen LogP contribution in [0.2, 0.25) is 0 Å². The molecule has 9 heteroatoms. The lowest BCUT2D eigenvalue weighted by Gasteiger charge is -2.25. The van der Waals surface area contributed by atoms with Crippen molar-refractivity contribution in [2.24, 2.45) is 0 Å². The van der Waals surface area contributed by atoms with E-state index in [9.17, 15) is 0 Å². The van der Waals surface area contributed by atoms with E-state index in [4.69, 9.17) is 9.97 Å². The molecule has 0 aliphatic rings. The molecule has 20 aromatic carbocycles. The Bertz CT molecular complexity index is 9090. The van der Waals surface area contributed by atoms with Gasteiger partial charge in [-0.15, -0.1) is 0 Å². The molecule has 0 aliphatic carbocycles. The van der Waals surface area contributed by atoms with E-state index in [1.165, 1.54) is 92.7 Å². The van der Waals surface area contributed by atoms with Gasteiger partial charge in [0.25, 0.3) is 0 Å². The molecule has 9 nitrogen and oxygen atoms in total. The van der Waals surface area contributed by atoms with Gasteiger partial charge in [0.15, 0.2) is 5.82 Å². The van der Waals surface area contributed by atoms with Crippen molar-refractivity contribution in [1.29, 1.82) is 0 Å². The molecule has 0 spiro atoms. The molecule has 0 amide bonds. The van der Waals surface area contributed by atoms with Crippen molar-refractivity contribution in [3.8, 4) is 101 Å². The SMILES string of the molecule is c1ccc(N(c2ccccc2)c2ccc3c(c2)c2ccccc2n3-c2ccc(-c3nc(-c4ccc(-n5c6ccccc6c6cc(-c7ccc8c(c7)c7ccccc7n8-c7ccccc7)ccc65)cc4)cc(-c4ccc(-n5c6ccc(-c7ccc8c(c7)c7ccccc7n8-c7ccccc7)cc6c6cc(-c7ccc8c(c7)c7ccccc7n8-c7ccccc7)ccc65)cc4)n3)cc2)cc1. The highest BCUT2D eigenvalue weighted by Gasteiger charge is 2.25. The Balaban J connectivity index is 0.585. The largest absolute Gasteiger partial charge is 0.310 e. The number of hydrogen-bond donors (Lipinski definition) is 0. The fourth-order valence-electron chi connectivity index (χ4n) is 21.3. The maximum absolute atomic E-state index is 5.60. The second kappa shape index (κ2) is 30.4. The van der Waals surface area contributed by atoms with Crippen LogP contribution in [-0.4, -0.2) is 37.4 Å². The zero-order chi connectivity index (χ0) is 87.3. The van der Waals surface area contributed by atoms with Gasteiger partial charge >= 0.3 is 0 Å². The van der Waals surface area contributed by atoms with Crippen LogP contribution in [0.3, 0.4) is 0 Å². The van der Waals surface area contributed by atoms with Crippen molar-refractivity contribution in [3.63, 3.8) is 0 Å². The van der Waals surface area contributed by atoms with E-state index in [0.717, 1.165) is 151 Å². The lowest BCUT2D eigenvalue weighted by molar-refractivity contribution is 1.16. The Labute approximate surface area is 765 Å². The number of anilines is 3. The van der Waals surface area contributed by atoms with Gasteiger partial charge in [-0.1, -0.05) is 243 Å². The average molecular weight is 1700 g/mol. The number of para-hydroxylation sites is 10. The third-order valence-corrected chi connectivity index (χ3v) is 27.4. The van der Waals surface area contributed by atoms with E-state index in [2.05, 4.69) is 512 Å². The summed E-state index contributed by atoms with van der Waals surface area (Å²) < 4.78 is 14.4. The van der Waals surface area contributed by atoms with Gasteiger partial charge in [0.2, 0.25) is 0 Å². The predicted octanol–water partition coefficient (Wildman–Crippen LogP) is 32.5. The normalized spacial score (nSPS) is 11.9. The minimum atomic E-state index is 0.622. The van der Waals surface area contributed by atoms with Crippen molar-refractivity contribution in [1.82, 2.24) is 37.4 Å². The summed E-state index contributed by atoms with van der Waals surface area (Å²) >= 11 is 0. The second-order valence-electron chi connectivity index (χ2n) is 34.8. The van der Waals surface area contributed by atoms with Gasteiger partial charge < -0.3 is 32.3 Å². The average Bonchev–Trinajstić information content (AvgIpc) is 1.59. The number of nitrogens with zero attached hydrogens (tertiary/aromatic N) is 9. The third kappa shape index (κ3) is 12.2. The smallest absolute Gasteiger partial charge is 0.160 e. The molecule has 27 aromatic rings. The summed E-state index contributed by atoms with van der Waals surface area (Å²) in [5.41, 5.74) is 35.0. The molecule has 0 N–H and O–H groups in total. The fraction of sp³-hybridized carbons (Fsp3) is 0. The van der Waals surface area contributed by atoms with Crippen LogP contribution >= 0.6 is 0 Å². The number of fused-ring (bicyclic) bond motifs is 18. The predicted molar refractivity (Wildman–Crippen MR) is 555 cm³/mol. The molecule has 0 saturated heterocycles. The van der Waals surface area contributed by atoms with Crippen molar-refractivity contribution in [2.45, 2.75) is 0 Å². The van der Waals surface area contributed by atoms with Crippen molar-refractivity contribution < 1.29 is 0 Å². The van der Waals surface area contributed by atoms with Crippen LogP contribution in [0.4, 0.5) is 17.1 Å². The Kier molecular flexibility index (Phi) is 17.2. The summed E-state index contributed by atoms with van der Waals surface area (Å²) in [7, 11) is 0. The first-order valence-electron chi connectivity index (χ1n) is 45.5.